The van der Waals surface area contributed by atoms with Crippen molar-refractivity contribution in [2.75, 3.05) is 0 Å². The second-order valence-electron chi connectivity index (χ2n) is 2.54. The van der Waals surface area contributed by atoms with Crippen molar-refractivity contribution in [3.8, 4) is 0 Å². The van der Waals surface area contributed by atoms with Crippen molar-refractivity contribution in [2.24, 2.45) is 0 Å². The Balaban J connectivity index is 2.73. The monoisotopic (exact) mass is 225 g/mol. The molecule has 0 amide bonds. The standard InChI is InChI=1S/C8H8BrN3/c1-2-7-10-11-8-5-6(9)3-4-12(7)8/h3-5H,2H2,1H3. The Hall–Kier alpha value is -0.900. The van der Waals surface area contributed by atoms with E-state index in [0.717, 1.165) is 22.4 Å². The zero-order chi connectivity index (χ0) is 8.55. The molecule has 0 aliphatic carbocycles. The van der Waals surface area contributed by atoms with Crippen molar-refractivity contribution in [3.05, 3.63) is 28.6 Å². The predicted octanol–water partition coefficient (Wildman–Crippen LogP) is 2.05. The number of aromatic nitrogens is 3. The molecule has 62 valence electrons. The fourth-order valence-electron chi connectivity index (χ4n) is 1.16. The Bertz CT molecular complexity index is 408. The first kappa shape index (κ1) is 7.73. The smallest absolute Gasteiger partial charge is 0.161 e. The van der Waals surface area contributed by atoms with Crippen LogP contribution in [0.5, 0.6) is 0 Å². The number of aryl methyl sites for hydroxylation is 1. The fourth-order valence-corrected chi connectivity index (χ4v) is 1.48. The minimum Gasteiger partial charge on any atom is -0.286 e. The SMILES string of the molecule is CCc1nnc2cc(Br)ccn12. The van der Waals surface area contributed by atoms with Crippen molar-refractivity contribution in [2.45, 2.75) is 13.3 Å². The van der Waals surface area contributed by atoms with E-state index in [1.54, 1.807) is 0 Å². The molecule has 4 heteroatoms. The van der Waals surface area contributed by atoms with Crippen LogP contribution in [-0.4, -0.2) is 14.6 Å². The number of rotatable bonds is 1. The average molecular weight is 226 g/mol. The highest BCUT2D eigenvalue weighted by Crippen LogP contribution is 2.12. The molecule has 0 unspecified atom stereocenters. The largest absolute Gasteiger partial charge is 0.286 e. The fraction of sp³-hybridized carbons (Fsp3) is 0.250. The third-order valence-corrected chi connectivity index (χ3v) is 2.25. The van der Waals surface area contributed by atoms with Crippen molar-refractivity contribution in [3.63, 3.8) is 0 Å². The highest BCUT2D eigenvalue weighted by molar-refractivity contribution is 9.10. The molecular formula is C8H8BrN3. The molecule has 0 bridgehead atoms. The van der Waals surface area contributed by atoms with E-state index in [4.69, 9.17) is 0 Å². The average Bonchev–Trinajstić information content (AvgIpc) is 2.46. The van der Waals surface area contributed by atoms with Crippen LogP contribution in [0.3, 0.4) is 0 Å². The Labute approximate surface area is 78.6 Å². The molecule has 0 radical (unpaired) electrons. The molecule has 0 atom stereocenters. The molecule has 0 saturated heterocycles. The lowest BCUT2D eigenvalue weighted by Gasteiger charge is -1.95. The van der Waals surface area contributed by atoms with Gasteiger partial charge in [0.05, 0.1) is 0 Å². The normalized spacial score (nSPS) is 10.8. The Kier molecular flexibility index (Phi) is 1.84. The molecular weight excluding hydrogens is 218 g/mol. The summed E-state index contributed by atoms with van der Waals surface area (Å²) in [4.78, 5) is 0. The van der Waals surface area contributed by atoms with Crippen molar-refractivity contribution in [1.29, 1.82) is 0 Å². The molecule has 0 aromatic carbocycles. The molecule has 0 spiro atoms. The molecule has 3 nitrogen and oxygen atoms in total. The number of pyridine rings is 1. The maximum Gasteiger partial charge on any atom is 0.161 e. The highest BCUT2D eigenvalue weighted by atomic mass is 79.9. The first-order valence-corrected chi connectivity index (χ1v) is 4.59. The minimum atomic E-state index is 0.890. The summed E-state index contributed by atoms with van der Waals surface area (Å²) in [5.74, 6) is 0.998. The van der Waals surface area contributed by atoms with Crippen LogP contribution in [0.2, 0.25) is 0 Å². The summed E-state index contributed by atoms with van der Waals surface area (Å²) in [6, 6.07) is 3.93. The van der Waals surface area contributed by atoms with E-state index in [1.165, 1.54) is 0 Å². The van der Waals surface area contributed by atoms with Gasteiger partial charge in [0, 0.05) is 17.1 Å². The van der Waals surface area contributed by atoms with Gasteiger partial charge in [-0.2, -0.15) is 0 Å². The molecule has 0 saturated carbocycles. The quantitative estimate of drug-likeness (QED) is 0.744. The van der Waals surface area contributed by atoms with E-state index in [1.807, 2.05) is 22.7 Å². The van der Waals surface area contributed by atoms with Crippen LogP contribution in [0.4, 0.5) is 0 Å². The van der Waals surface area contributed by atoms with E-state index in [2.05, 4.69) is 33.1 Å². The number of nitrogens with zero attached hydrogens (tertiary/aromatic N) is 3. The zero-order valence-electron chi connectivity index (χ0n) is 6.66. The summed E-state index contributed by atoms with van der Waals surface area (Å²) in [7, 11) is 0. The van der Waals surface area contributed by atoms with Gasteiger partial charge in [-0.05, 0) is 12.1 Å². The lowest BCUT2D eigenvalue weighted by molar-refractivity contribution is 0.909. The number of hydrogen-bond donors (Lipinski definition) is 0. The second-order valence-corrected chi connectivity index (χ2v) is 3.46. The van der Waals surface area contributed by atoms with Gasteiger partial charge >= 0.3 is 0 Å². The number of halogens is 1. The zero-order valence-corrected chi connectivity index (χ0v) is 8.24. The summed E-state index contributed by atoms with van der Waals surface area (Å²) in [5, 5.41) is 8.08. The summed E-state index contributed by atoms with van der Waals surface area (Å²) in [5.41, 5.74) is 0.890. The Morgan fingerprint density at radius 3 is 3.08 bits per heavy atom. The van der Waals surface area contributed by atoms with E-state index in [9.17, 15) is 0 Å². The first-order valence-electron chi connectivity index (χ1n) is 3.80. The predicted molar refractivity (Wildman–Crippen MR) is 50.1 cm³/mol. The van der Waals surface area contributed by atoms with Crippen molar-refractivity contribution < 1.29 is 0 Å². The summed E-state index contributed by atoms with van der Waals surface area (Å²) in [6.45, 7) is 2.07. The van der Waals surface area contributed by atoms with Crippen LogP contribution in [0.25, 0.3) is 5.65 Å². The Morgan fingerprint density at radius 2 is 2.33 bits per heavy atom. The summed E-state index contributed by atoms with van der Waals surface area (Å²) >= 11 is 3.38. The van der Waals surface area contributed by atoms with Gasteiger partial charge in [-0.25, -0.2) is 0 Å². The number of hydrogen-bond acceptors (Lipinski definition) is 2. The van der Waals surface area contributed by atoms with Crippen LogP contribution in [0, 0.1) is 0 Å². The lowest BCUT2D eigenvalue weighted by Crippen LogP contribution is -1.90. The van der Waals surface area contributed by atoms with Crippen LogP contribution in [0.1, 0.15) is 12.7 Å². The third-order valence-electron chi connectivity index (χ3n) is 1.76. The summed E-state index contributed by atoms with van der Waals surface area (Å²) < 4.78 is 3.02. The first-order chi connectivity index (χ1) is 5.81. The van der Waals surface area contributed by atoms with Gasteiger partial charge in [-0.3, -0.25) is 4.40 Å². The molecule has 2 aromatic heterocycles. The molecule has 12 heavy (non-hydrogen) atoms. The van der Waals surface area contributed by atoms with Crippen LogP contribution in [0.15, 0.2) is 22.8 Å². The molecule has 2 heterocycles. The van der Waals surface area contributed by atoms with Gasteiger partial charge < -0.3 is 0 Å². The van der Waals surface area contributed by atoms with Crippen LogP contribution >= 0.6 is 15.9 Å². The maximum atomic E-state index is 4.05. The molecule has 2 aromatic rings. The topological polar surface area (TPSA) is 30.2 Å². The van der Waals surface area contributed by atoms with E-state index in [0.29, 0.717) is 0 Å². The van der Waals surface area contributed by atoms with E-state index < -0.39 is 0 Å². The maximum absolute atomic E-state index is 4.05. The molecule has 0 aliphatic rings. The van der Waals surface area contributed by atoms with Gasteiger partial charge in [-0.1, -0.05) is 22.9 Å². The number of fused-ring (bicyclic) bond motifs is 1. The van der Waals surface area contributed by atoms with Gasteiger partial charge in [0.15, 0.2) is 5.65 Å². The van der Waals surface area contributed by atoms with Crippen LogP contribution < -0.4 is 0 Å². The van der Waals surface area contributed by atoms with E-state index in [-0.39, 0.29) is 0 Å². The van der Waals surface area contributed by atoms with Gasteiger partial charge in [0.1, 0.15) is 5.82 Å². The molecule has 0 N–H and O–H groups in total. The third kappa shape index (κ3) is 1.12. The minimum absolute atomic E-state index is 0.890. The Morgan fingerprint density at radius 1 is 1.50 bits per heavy atom. The van der Waals surface area contributed by atoms with Gasteiger partial charge in [0.2, 0.25) is 0 Å². The van der Waals surface area contributed by atoms with Crippen LogP contribution in [-0.2, 0) is 6.42 Å². The van der Waals surface area contributed by atoms with Gasteiger partial charge in [0.25, 0.3) is 0 Å². The summed E-state index contributed by atoms with van der Waals surface area (Å²) in [6.07, 6.45) is 2.88. The highest BCUT2D eigenvalue weighted by Gasteiger charge is 2.01. The van der Waals surface area contributed by atoms with Crippen molar-refractivity contribution in [1.82, 2.24) is 14.6 Å². The van der Waals surface area contributed by atoms with Crippen molar-refractivity contribution >= 4 is 21.6 Å². The molecule has 0 aliphatic heterocycles. The second kappa shape index (κ2) is 2.86. The van der Waals surface area contributed by atoms with Gasteiger partial charge in [-0.15, -0.1) is 10.2 Å². The van der Waals surface area contributed by atoms with E-state index >= 15 is 0 Å². The molecule has 0 fully saturated rings. The lowest BCUT2D eigenvalue weighted by atomic mass is 10.4. The molecule has 2 rings (SSSR count).